The highest BCUT2D eigenvalue weighted by atomic mass is 31.2. The van der Waals surface area contributed by atoms with E-state index in [1.54, 1.807) is 6.08 Å². The third-order valence-corrected chi connectivity index (χ3v) is 9.13. The number of rotatable bonds is 37. The fraction of sp³-hybridized carbons (Fsp3) is 0.674. The number of aliphatic hydroxyl groups is 1. The maximum atomic E-state index is 12.5. The maximum Gasteiger partial charge on any atom is 0.472 e. The highest BCUT2D eigenvalue weighted by Gasteiger charge is 2.25. The summed E-state index contributed by atoms with van der Waals surface area (Å²) in [6.07, 6.45) is 42.5. The van der Waals surface area contributed by atoms with Crippen LogP contribution in [0.15, 0.2) is 72.9 Å². The van der Waals surface area contributed by atoms with E-state index in [1.165, 1.54) is 44.9 Å². The second-order valence-corrected chi connectivity index (χ2v) is 14.8. The van der Waals surface area contributed by atoms with E-state index in [0.717, 1.165) is 51.4 Å². The van der Waals surface area contributed by atoms with Gasteiger partial charge in [-0.25, -0.2) is 4.57 Å². The lowest BCUT2D eigenvalue weighted by Crippen LogP contribution is -2.29. The molecule has 0 bridgehead atoms. The molecular weight excluding hydrogens is 705 g/mol. The molecule has 0 saturated carbocycles. The molecular formula is C43H74NO9P. The number of ether oxygens (including phenoxy) is 2. The van der Waals surface area contributed by atoms with Crippen LogP contribution in [-0.2, 0) is 32.7 Å². The predicted octanol–water partition coefficient (Wildman–Crippen LogP) is 10.5. The molecule has 0 aliphatic rings. The smallest absolute Gasteiger partial charge is 0.462 e. The van der Waals surface area contributed by atoms with Crippen molar-refractivity contribution < 1.29 is 42.7 Å². The molecule has 0 fully saturated rings. The quantitative estimate of drug-likeness (QED) is 0.0182. The molecule has 54 heavy (non-hydrogen) atoms. The molecule has 0 radical (unpaired) electrons. The summed E-state index contributed by atoms with van der Waals surface area (Å²) in [6, 6.07) is 0. The van der Waals surface area contributed by atoms with Crippen molar-refractivity contribution in [3.63, 3.8) is 0 Å². The Balaban J connectivity index is 4.40. The van der Waals surface area contributed by atoms with Crippen LogP contribution < -0.4 is 5.73 Å². The third kappa shape index (κ3) is 37.7. The maximum absolute atomic E-state index is 12.5. The number of phosphoric acid groups is 1. The van der Waals surface area contributed by atoms with Crippen LogP contribution in [0.2, 0.25) is 0 Å². The van der Waals surface area contributed by atoms with Gasteiger partial charge >= 0.3 is 19.8 Å². The molecule has 10 nitrogen and oxygen atoms in total. The fourth-order valence-electron chi connectivity index (χ4n) is 5.03. The van der Waals surface area contributed by atoms with Gasteiger partial charge in [0, 0.05) is 19.4 Å². The van der Waals surface area contributed by atoms with Crippen LogP contribution in [0.5, 0.6) is 0 Å². The molecule has 0 amide bonds. The summed E-state index contributed by atoms with van der Waals surface area (Å²) in [4.78, 5) is 34.8. The summed E-state index contributed by atoms with van der Waals surface area (Å²) in [6.45, 7) is 3.48. The molecule has 0 aliphatic carbocycles. The van der Waals surface area contributed by atoms with E-state index in [1.807, 2.05) is 36.5 Å². The van der Waals surface area contributed by atoms with Gasteiger partial charge in [-0.1, -0.05) is 132 Å². The van der Waals surface area contributed by atoms with E-state index in [-0.39, 0.29) is 32.6 Å². The molecule has 0 aliphatic heterocycles. The van der Waals surface area contributed by atoms with Crippen molar-refractivity contribution in [2.45, 2.75) is 161 Å². The molecule has 0 aromatic heterocycles. The molecule has 11 heteroatoms. The Morgan fingerprint density at radius 1 is 0.648 bits per heavy atom. The van der Waals surface area contributed by atoms with Gasteiger partial charge in [0.2, 0.25) is 0 Å². The van der Waals surface area contributed by atoms with Crippen LogP contribution in [0.4, 0.5) is 0 Å². The zero-order valence-electron chi connectivity index (χ0n) is 33.5. The Labute approximate surface area is 327 Å². The SMILES string of the molecule is CCCCCC=CCC=CCCCCCCCC(=O)OCC(COP(=O)(O)OCCN)OC(=O)CCCC=CCC=CC=CC(O)CC=CCCCCC. The Kier molecular flexibility index (Phi) is 36.8. The van der Waals surface area contributed by atoms with Gasteiger partial charge in [-0.05, 0) is 77.0 Å². The van der Waals surface area contributed by atoms with Crippen molar-refractivity contribution in [1.82, 2.24) is 0 Å². The van der Waals surface area contributed by atoms with Gasteiger partial charge in [-0.3, -0.25) is 18.6 Å². The largest absolute Gasteiger partial charge is 0.472 e. The molecule has 0 saturated heterocycles. The Hall–Kier alpha value is -2.59. The standard InChI is InChI=1S/C43H74NO9P/c1-3-5-7-9-11-12-13-14-15-16-17-18-22-26-30-34-42(46)50-38-41(39-52-54(48,49)51-37-36-44)53-43(47)35-31-27-23-20-19-21-25-29-33-40(45)32-28-24-10-8-6-4-2/h11-12,14-15,20-21,23-25,28-29,33,40-41,45H,3-10,13,16-19,22,26-27,30-32,34-39,44H2,1-2H3,(H,48,49). The van der Waals surface area contributed by atoms with Crippen molar-refractivity contribution in [1.29, 1.82) is 0 Å². The van der Waals surface area contributed by atoms with Gasteiger partial charge in [0.05, 0.1) is 19.3 Å². The number of esters is 2. The summed E-state index contributed by atoms with van der Waals surface area (Å²) in [5.74, 6) is -0.957. The molecule has 310 valence electrons. The first kappa shape index (κ1) is 51.4. The van der Waals surface area contributed by atoms with E-state index in [2.05, 4.69) is 44.2 Å². The summed E-state index contributed by atoms with van der Waals surface area (Å²) < 4.78 is 32.6. The van der Waals surface area contributed by atoms with Crippen LogP contribution in [-0.4, -0.2) is 60.5 Å². The number of hydrogen-bond acceptors (Lipinski definition) is 9. The summed E-state index contributed by atoms with van der Waals surface area (Å²) in [5, 5.41) is 10.0. The molecule has 0 heterocycles. The normalized spacial score (nSPS) is 14.7. The average Bonchev–Trinajstić information content (AvgIpc) is 3.15. The van der Waals surface area contributed by atoms with Crippen molar-refractivity contribution in [3.05, 3.63) is 72.9 Å². The first-order valence-electron chi connectivity index (χ1n) is 20.5. The minimum atomic E-state index is -4.41. The zero-order chi connectivity index (χ0) is 39.8. The lowest BCUT2D eigenvalue weighted by molar-refractivity contribution is -0.161. The minimum absolute atomic E-state index is 0.0292. The average molecular weight is 780 g/mol. The van der Waals surface area contributed by atoms with E-state index in [4.69, 9.17) is 24.3 Å². The van der Waals surface area contributed by atoms with Gasteiger partial charge in [0.1, 0.15) is 6.61 Å². The van der Waals surface area contributed by atoms with Crippen molar-refractivity contribution in [3.8, 4) is 0 Å². The van der Waals surface area contributed by atoms with Crippen molar-refractivity contribution in [2.24, 2.45) is 5.73 Å². The first-order valence-corrected chi connectivity index (χ1v) is 22.0. The topological polar surface area (TPSA) is 155 Å². The molecule has 4 N–H and O–H groups in total. The van der Waals surface area contributed by atoms with E-state index < -0.39 is 38.6 Å². The van der Waals surface area contributed by atoms with Gasteiger partial charge in [-0.2, -0.15) is 0 Å². The lowest BCUT2D eigenvalue weighted by Gasteiger charge is -2.19. The van der Waals surface area contributed by atoms with Gasteiger partial charge < -0.3 is 25.2 Å². The summed E-state index contributed by atoms with van der Waals surface area (Å²) in [5.41, 5.74) is 5.33. The molecule has 3 unspecified atom stereocenters. The highest BCUT2D eigenvalue weighted by molar-refractivity contribution is 7.47. The first-order chi connectivity index (χ1) is 26.2. The molecule has 3 atom stereocenters. The van der Waals surface area contributed by atoms with Gasteiger partial charge in [-0.15, -0.1) is 0 Å². The van der Waals surface area contributed by atoms with Crippen LogP contribution in [0.1, 0.15) is 149 Å². The van der Waals surface area contributed by atoms with E-state index in [0.29, 0.717) is 25.7 Å². The summed E-state index contributed by atoms with van der Waals surface area (Å²) >= 11 is 0. The molecule has 0 aromatic rings. The van der Waals surface area contributed by atoms with Crippen LogP contribution in [0, 0.1) is 0 Å². The number of unbranched alkanes of at least 4 members (excludes halogenated alkanes) is 12. The second kappa shape index (κ2) is 38.7. The van der Waals surface area contributed by atoms with Gasteiger partial charge in [0.15, 0.2) is 6.10 Å². The Morgan fingerprint density at radius 2 is 1.20 bits per heavy atom. The number of carbonyl (C=O) groups excluding carboxylic acids is 2. The number of allylic oxidation sites excluding steroid dienone is 10. The molecule has 0 rings (SSSR count). The third-order valence-electron chi connectivity index (χ3n) is 8.15. The molecule has 0 aromatic carbocycles. The summed E-state index contributed by atoms with van der Waals surface area (Å²) in [7, 11) is -4.41. The highest BCUT2D eigenvalue weighted by Crippen LogP contribution is 2.43. The fourth-order valence-corrected chi connectivity index (χ4v) is 5.80. The molecule has 0 spiro atoms. The van der Waals surface area contributed by atoms with Crippen molar-refractivity contribution in [2.75, 3.05) is 26.4 Å². The van der Waals surface area contributed by atoms with E-state index in [9.17, 15) is 24.2 Å². The Morgan fingerprint density at radius 3 is 1.85 bits per heavy atom. The van der Waals surface area contributed by atoms with Gasteiger partial charge in [0.25, 0.3) is 0 Å². The number of hydrogen-bond donors (Lipinski definition) is 3. The number of aliphatic hydroxyl groups excluding tert-OH is 1. The van der Waals surface area contributed by atoms with Crippen LogP contribution >= 0.6 is 7.82 Å². The zero-order valence-corrected chi connectivity index (χ0v) is 34.4. The predicted molar refractivity (Wildman–Crippen MR) is 221 cm³/mol. The Bertz CT molecular complexity index is 1130. The number of nitrogens with two attached hydrogens (primary N) is 1. The number of carbonyl (C=O) groups is 2. The second-order valence-electron chi connectivity index (χ2n) is 13.3. The lowest BCUT2D eigenvalue weighted by atomic mass is 10.1. The minimum Gasteiger partial charge on any atom is -0.462 e. The number of phosphoric ester groups is 1. The van der Waals surface area contributed by atoms with Crippen LogP contribution in [0.25, 0.3) is 0 Å². The van der Waals surface area contributed by atoms with Crippen LogP contribution in [0.3, 0.4) is 0 Å². The van der Waals surface area contributed by atoms with Crippen molar-refractivity contribution >= 4 is 19.8 Å². The van der Waals surface area contributed by atoms with E-state index >= 15 is 0 Å². The monoisotopic (exact) mass is 780 g/mol.